The summed E-state index contributed by atoms with van der Waals surface area (Å²) in [6, 6.07) is 6.35. The maximum Gasteiger partial charge on any atom is 0.257 e. The minimum Gasteiger partial charge on any atom is -0.341 e. The van der Waals surface area contributed by atoms with Crippen molar-refractivity contribution in [3.05, 3.63) is 47.5 Å². The molecular formula is C17H23FN4O. The molecule has 1 aromatic heterocycles. The van der Waals surface area contributed by atoms with Crippen LogP contribution in [0.5, 0.6) is 0 Å². The lowest BCUT2D eigenvalue weighted by molar-refractivity contribution is 0.0740. The number of para-hydroxylation sites is 1. The molecule has 0 spiro atoms. The topological polar surface area (TPSA) is 64.2 Å². The van der Waals surface area contributed by atoms with Gasteiger partial charge in [0.2, 0.25) is 0 Å². The third kappa shape index (κ3) is 3.59. The van der Waals surface area contributed by atoms with Gasteiger partial charge >= 0.3 is 0 Å². The standard InChI is InChI=1S/C17H23FN4O/c1-12-13(16(23)21(4)11-17(2,3)10-19)9-20-22(12)15-8-6-5-7-14(15)18/h5-9H,10-11,19H2,1-4H3. The zero-order chi connectivity index (χ0) is 17.2. The molecule has 0 radical (unpaired) electrons. The molecule has 0 unspecified atom stereocenters. The van der Waals surface area contributed by atoms with Crippen molar-refractivity contribution in [2.24, 2.45) is 11.1 Å². The first-order valence-corrected chi connectivity index (χ1v) is 7.52. The van der Waals surface area contributed by atoms with Crippen LogP contribution in [0.15, 0.2) is 30.5 Å². The predicted octanol–water partition coefficient (Wildman–Crippen LogP) is 2.38. The first kappa shape index (κ1) is 17.1. The highest BCUT2D eigenvalue weighted by molar-refractivity contribution is 5.95. The molecule has 0 aliphatic heterocycles. The van der Waals surface area contributed by atoms with E-state index in [1.54, 1.807) is 37.1 Å². The van der Waals surface area contributed by atoms with E-state index in [0.29, 0.717) is 30.0 Å². The summed E-state index contributed by atoms with van der Waals surface area (Å²) in [6.45, 7) is 6.79. The molecule has 124 valence electrons. The fraction of sp³-hybridized carbons (Fsp3) is 0.412. The van der Waals surface area contributed by atoms with Crippen LogP contribution in [0.2, 0.25) is 0 Å². The van der Waals surface area contributed by atoms with Crippen molar-refractivity contribution in [2.45, 2.75) is 20.8 Å². The van der Waals surface area contributed by atoms with E-state index in [1.165, 1.54) is 16.9 Å². The van der Waals surface area contributed by atoms with Crippen LogP contribution in [0.1, 0.15) is 29.9 Å². The second kappa shape index (κ2) is 6.50. The van der Waals surface area contributed by atoms with E-state index in [4.69, 9.17) is 5.73 Å². The number of hydrogen-bond donors (Lipinski definition) is 1. The number of carbonyl (C=O) groups is 1. The summed E-state index contributed by atoms with van der Waals surface area (Å²) in [5.74, 6) is -0.526. The van der Waals surface area contributed by atoms with E-state index < -0.39 is 0 Å². The maximum absolute atomic E-state index is 13.9. The Labute approximate surface area is 135 Å². The number of amides is 1. The Morgan fingerprint density at radius 1 is 1.39 bits per heavy atom. The smallest absolute Gasteiger partial charge is 0.257 e. The molecule has 6 heteroatoms. The van der Waals surface area contributed by atoms with Crippen molar-refractivity contribution in [3.63, 3.8) is 0 Å². The summed E-state index contributed by atoms with van der Waals surface area (Å²) in [6.07, 6.45) is 1.48. The van der Waals surface area contributed by atoms with Crippen molar-refractivity contribution in [1.82, 2.24) is 14.7 Å². The third-order valence-corrected chi connectivity index (χ3v) is 3.89. The molecule has 1 amide bonds. The molecule has 1 aromatic carbocycles. The van der Waals surface area contributed by atoms with Gasteiger partial charge in [0, 0.05) is 13.6 Å². The largest absolute Gasteiger partial charge is 0.341 e. The normalized spacial score (nSPS) is 11.6. The van der Waals surface area contributed by atoms with Crippen LogP contribution in [0, 0.1) is 18.2 Å². The number of benzene rings is 1. The lowest BCUT2D eigenvalue weighted by Gasteiger charge is -2.29. The molecule has 0 bridgehead atoms. The van der Waals surface area contributed by atoms with E-state index in [-0.39, 0.29) is 17.1 Å². The Hall–Kier alpha value is -2.21. The molecule has 0 fully saturated rings. The number of nitrogens with zero attached hydrogens (tertiary/aromatic N) is 3. The molecular weight excluding hydrogens is 295 g/mol. The Morgan fingerprint density at radius 2 is 2.04 bits per heavy atom. The minimum atomic E-state index is -0.379. The van der Waals surface area contributed by atoms with Gasteiger partial charge in [-0.15, -0.1) is 0 Å². The lowest BCUT2D eigenvalue weighted by Crippen LogP contribution is -2.39. The molecule has 2 rings (SSSR count). The van der Waals surface area contributed by atoms with E-state index in [1.807, 2.05) is 13.8 Å². The van der Waals surface area contributed by atoms with Crippen LogP contribution in [0.3, 0.4) is 0 Å². The maximum atomic E-state index is 13.9. The summed E-state index contributed by atoms with van der Waals surface area (Å²) < 4.78 is 15.4. The summed E-state index contributed by atoms with van der Waals surface area (Å²) in [4.78, 5) is 14.3. The monoisotopic (exact) mass is 318 g/mol. The lowest BCUT2D eigenvalue weighted by atomic mass is 9.93. The summed E-state index contributed by atoms with van der Waals surface area (Å²) >= 11 is 0. The van der Waals surface area contributed by atoms with Crippen LogP contribution in [-0.4, -0.2) is 40.7 Å². The van der Waals surface area contributed by atoms with Crippen molar-refractivity contribution in [3.8, 4) is 5.69 Å². The first-order chi connectivity index (χ1) is 10.8. The van der Waals surface area contributed by atoms with Gasteiger partial charge < -0.3 is 10.6 Å². The van der Waals surface area contributed by atoms with Gasteiger partial charge in [-0.25, -0.2) is 9.07 Å². The van der Waals surface area contributed by atoms with Crippen LogP contribution in [0.4, 0.5) is 4.39 Å². The highest BCUT2D eigenvalue weighted by Crippen LogP contribution is 2.20. The average molecular weight is 318 g/mol. The molecule has 0 atom stereocenters. The number of hydrogen-bond acceptors (Lipinski definition) is 3. The molecule has 2 aromatic rings. The number of rotatable bonds is 5. The number of carbonyl (C=O) groups excluding carboxylic acids is 1. The minimum absolute atomic E-state index is 0.147. The fourth-order valence-corrected chi connectivity index (χ4v) is 2.47. The van der Waals surface area contributed by atoms with Gasteiger partial charge in [-0.05, 0) is 31.0 Å². The molecule has 1 heterocycles. The zero-order valence-electron chi connectivity index (χ0n) is 14.0. The number of nitrogens with two attached hydrogens (primary N) is 1. The van der Waals surface area contributed by atoms with E-state index in [0.717, 1.165) is 0 Å². The van der Waals surface area contributed by atoms with Gasteiger partial charge in [0.25, 0.3) is 5.91 Å². The molecule has 0 aliphatic rings. The molecule has 0 saturated carbocycles. The third-order valence-electron chi connectivity index (χ3n) is 3.89. The number of aromatic nitrogens is 2. The van der Waals surface area contributed by atoms with Crippen molar-refractivity contribution < 1.29 is 9.18 Å². The van der Waals surface area contributed by atoms with E-state index >= 15 is 0 Å². The van der Waals surface area contributed by atoms with Crippen LogP contribution < -0.4 is 5.73 Å². The van der Waals surface area contributed by atoms with Gasteiger partial charge in [0.15, 0.2) is 0 Å². The SMILES string of the molecule is Cc1c(C(=O)N(C)CC(C)(C)CN)cnn1-c1ccccc1F. The molecule has 2 N–H and O–H groups in total. The van der Waals surface area contributed by atoms with Gasteiger partial charge in [0.1, 0.15) is 11.5 Å². The van der Waals surface area contributed by atoms with Crippen LogP contribution in [0.25, 0.3) is 5.69 Å². The van der Waals surface area contributed by atoms with Gasteiger partial charge in [-0.1, -0.05) is 26.0 Å². The quantitative estimate of drug-likeness (QED) is 0.920. The second-order valence-electron chi connectivity index (χ2n) is 6.54. The van der Waals surface area contributed by atoms with E-state index in [2.05, 4.69) is 5.10 Å². The van der Waals surface area contributed by atoms with Crippen LogP contribution >= 0.6 is 0 Å². The summed E-state index contributed by atoms with van der Waals surface area (Å²) in [5.41, 5.74) is 6.96. The Kier molecular flexibility index (Phi) is 4.85. The summed E-state index contributed by atoms with van der Waals surface area (Å²) in [5, 5.41) is 4.17. The zero-order valence-corrected chi connectivity index (χ0v) is 14.0. The highest BCUT2D eigenvalue weighted by Gasteiger charge is 2.24. The fourth-order valence-electron chi connectivity index (χ4n) is 2.47. The van der Waals surface area contributed by atoms with Crippen LogP contribution in [-0.2, 0) is 0 Å². The van der Waals surface area contributed by atoms with E-state index in [9.17, 15) is 9.18 Å². The Morgan fingerprint density at radius 3 is 2.65 bits per heavy atom. The highest BCUT2D eigenvalue weighted by atomic mass is 19.1. The Bertz CT molecular complexity index is 708. The van der Waals surface area contributed by atoms with Crippen molar-refractivity contribution in [2.75, 3.05) is 20.1 Å². The van der Waals surface area contributed by atoms with Gasteiger partial charge in [0.05, 0.1) is 17.5 Å². The molecule has 0 saturated heterocycles. The van der Waals surface area contributed by atoms with Gasteiger partial charge in [-0.3, -0.25) is 4.79 Å². The molecule has 5 nitrogen and oxygen atoms in total. The van der Waals surface area contributed by atoms with Crippen molar-refractivity contribution in [1.29, 1.82) is 0 Å². The summed E-state index contributed by atoms with van der Waals surface area (Å²) in [7, 11) is 1.74. The second-order valence-corrected chi connectivity index (χ2v) is 6.54. The molecule has 0 aliphatic carbocycles. The first-order valence-electron chi connectivity index (χ1n) is 7.52. The predicted molar refractivity (Wildman–Crippen MR) is 88.1 cm³/mol. The average Bonchev–Trinajstić information content (AvgIpc) is 2.88. The Balaban J connectivity index is 2.29. The van der Waals surface area contributed by atoms with Gasteiger partial charge in [-0.2, -0.15) is 5.10 Å². The molecule has 23 heavy (non-hydrogen) atoms. The van der Waals surface area contributed by atoms with Crippen molar-refractivity contribution >= 4 is 5.91 Å². The number of halogens is 1.